The summed E-state index contributed by atoms with van der Waals surface area (Å²) in [5.74, 6) is 0.107. The van der Waals surface area contributed by atoms with Gasteiger partial charge >= 0.3 is 0 Å². The molecule has 116 valence electrons. The van der Waals surface area contributed by atoms with Gasteiger partial charge in [-0.3, -0.25) is 4.79 Å². The van der Waals surface area contributed by atoms with Crippen molar-refractivity contribution in [2.75, 3.05) is 39.3 Å². The van der Waals surface area contributed by atoms with Crippen LogP contribution in [0, 0.1) is 5.41 Å². The van der Waals surface area contributed by atoms with E-state index in [0.717, 1.165) is 45.6 Å². The van der Waals surface area contributed by atoms with E-state index in [1.165, 1.54) is 0 Å². The number of carbonyl (C=O) groups is 1. The van der Waals surface area contributed by atoms with Crippen LogP contribution in [0.15, 0.2) is 0 Å². The lowest BCUT2D eigenvalue weighted by Crippen LogP contribution is -2.49. The fourth-order valence-corrected chi connectivity index (χ4v) is 3.18. The predicted molar refractivity (Wildman–Crippen MR) is 79.3 cm³/mol. The summed E-state index contributed by atoms with van der Waals surface area (Å²) in [7, 11) is 0. The average Bonchev–Trinajstić information content (AvgIpc) is 2.37. The van der Waals surface area contributed by atoms with Crippen LogP contribution in [0.4, 0.5) is 0 Å². The van der Waals surface area contributed by atoms with E-state index in [-0.39, 0.29) is 11.3 Å². The van der Waals surface area contributed by atoms with Crippen molar-refractivity contribution in [2.45, 2.75) is 45.8 Å². The van der Waals surface area contributed by atoms with E-state index in [0.29, 0.717) is 19.4 Å². The van der Waals surface area contributed by atoms with Crippen LogP contribution >= 0.6 is 0 Å². The van der Waals surface area contributed by atoms with E-state index in [9.17, 15) is 9.90 Å². The van der Waals surface area contributed by atoms with Gasteiger partial charge in [-0.15, -0.1) is 0 Å². The largest absolute Gasteiger partial charge is 0.374 e. The van der Waals surface area contributed by atoms with Gasteiger partial charge in [0.25, 0.3) is 0 Å². The molecule has 0 aromatic heterocycles. The van der Waals surface area contributed by atoms with E-state index in [2.05, 4.69) is 24.1 Å². The molecule has 0 aromatic rings. The third kappa shape index (κ3) is 4.43. The van der Waals surface area contributed by atoms with Gasteiger partial charge in [0, 0.05) is 39.1 Å². The summed E-state index contributed by atoms with van der Waals surface area (Å²) in [5.41, 5.74) is -0.0617. The molecule has 0 aliphatic carbocycles. The van der Waals surface area contributed by atoms with Gasteiger partial charge in [0.1, 0.15) is 6.23 Å². The maximum absolute atomic E-state index is 12.1. The van der Waals surface area contributed by atoms with E-state index in [1.807, 2.05) is 0 Å². The van der Waals surface area contributed by atoms with Crippen LogP contribution in [0.25, 0.3) is 0 Å². The predicted octanol–water partition coefficient (Wildman–Crippen LogP) is 0.639. The molecular weight excluding hydrogens is 254 g/mol. The van der Waals surface area contributed by atoms with Crippen molar-refractivity contribution in [3.05, 3.63) is 0 Å². The van der Waals surface area contributed by atoms with Crippen LogP contribution in [-0.4, -0.2) is 66.3 Å². The fourth-order valence-electron chi connectivity index (χ4n) is 3.18. The summed E-state index contributed by atoms with van der Waals surface area (Å²) in [5, 5.41) is 13.5. The number of aliphatic hydroxyl groups excluding tert-OH is 1. The molecule has 5 nitrogen and oxygen atoms in total. The lowest BCUT2D eigenvalue weighted by atomic mass is 9.81. The van der Waals surface area contributed by atoms with Crippen LogP contribution in [0.2, 0.25) is 0 Å². The summed E-state index contributed by atoms with van der Waals surface area (Å²) < 4.78 is 0. The van der Waals surface area contributed by atoms with Crippen molar-refractivity contribution in [1.29, 1.82) is 0 Å². The first-order valence-corrected chi connectivity index (χ1v) is 7.89. The first-order chi connectivity index (χ1) is 9.48. The van der Waals surface area contributed by atoms with Crippen LogP contribution in [0.5, 0.6) is 0 Å². The van der Waals surface area contributed by atoms with E-state index in [1.54, 1.807) is 4.90 Å². The lowest BCUT2D eigenvalue weighted by molar-refractivity contribution is -0.154. The molecule has 0 aromatic carbocycles. The Kier molecular flexibility index (Phi) is 5.41. The van der Waals surface area contributed by atoms with Gasteiger partial charge in [-0.25, -0.2) is 0 Å². The molecule has 2 rings (SSSR count). The molecule has 1 unspecified atom stereocenters. The number of piperazine rings is 1. The third-order valence-corrected chi connectivity index (χ3v) is 4.38. The summed E-state index contributed by atoms with van der Waals surface area (Å²) in [6.07, 6.45) is 2.73. The second-order valence-corrected chi connectivity index (χ2v) is 6.91. The van der Waals surface area contributed by atoms with Gasteiger partial charge in [0.2, 0.25) is 5.91 Å². The molecule has 0 radical (unpaired) electrons. The van der Waals surface area contributed by atoms with Gasteiger partial charge in [-0.2, -0.15) is 0 Å². The SMILES string of the molecule is CC1(C)CC(=O)N(CCCCN2CCNCC2)C(O)C1. The van der Waals surface area contributed by atoms with E-state index >= 15 is 0 Å². The monoisotopic (exact) mass is 283 g/mol. The Morgan fingerprint density at radius 3 is 2.55 bits per heavy atom. The highest BCUT2D eigenvalue weighted by atomic mass is 16.3. The van der Waals surface area contributed by atoms with Crippen LogP contribution in [-0.2, 0) is 4.79 Å². The molecule has 2 aliphatic heterocycles. The Balaban J connectivity index is 1.67. The zero-order valence-corrected chi connectivity index (χ0v) is 12.9. The number of amides is 1. The molecule has 0 bridgehead atoms. The van der Waals surface area contributed by atoms with E-state index in [4.69, 9.17) is 0 Å². The standard InChI is InChI=1S/C15H29N3O2/c1-15(2)11-13(19)18(14(20)12-15)8-4-3-7-17-9-5-16-6-10-17/h13,16,19H,3-12H2,1-2H3. The molecule has 2 N–H and O–H groups in total. The molecule has 1 atom stereocenters. The number of carbonyl (C=O) groups excluding carboxylic acids is 1. The highest BCUT2D eigenvalue weighted by Crippen LogP contribution is 2.33. The molecule has 2 saturated heterocycles. The molecule has 1 amide bonds. The second kappa shape index (κ2) is 6.87. The minimum Gasteiger partial charge on any atom is -0.374 e. The zero-order chi connectivity index (χ0) is 14.6. The highest BCUT2D eigenvalue weighted by Gasteiger charge is 2.36. The number of hydrogen-bond donors (Lipinski definition) is 2. The number of hydrogen-bond acceptors (Lipinski definition) is 4. The summed E-state index contributed by atoms with van der Waals surface area (Å²) in [6.45, 7) is 10.3. The minimum atomic E-state index is -0.592. The molecule has 0 spiro atoms. The normalized spacial score (nSPS) is 27.9. The topological polar surface area (TPSA) is 55.8 Å². The maximum Gasteiger partial charge on any atom is 0.225 e. The number of nitrogens with one attached hydrogen (secondary N) is 1. The van der Waals surface area contributed by atoms with Crippen molar-refractivity contribution in [3.8, 4) is 0 Å². The van der Waals surface area contributed by atoms with Gasteiger partial charge in [0.15, 0.2) is 0 Å². The van der Waals surface area contributed by atoms with Crippen molar-refractivity contribution < 1.29 is 9.90 Å². The Morgan fingerprint density at radius 1 is 1.25 bits per heavy atom. The number of nitrogens with zero attached hydrogens (tertiary/aromatic N) is 2. The van der Waals surface area contributed by atoms with Crippen LogP contribution in [0.3, 0.4) is 0 Å². The fraction of sp³-hybridized carbons (Fsp3) is 0.933. The third-order valence-electron chi connectivity index (χ3n) is 4.38. The van der Waals surface area contributed by atoms with Gasteiger partial charge in [-0.1, -0.05) is 13.8 Å². The summed E-state index contributed by atoms with van der Waals surface area (Å²) >= 11 is 0. The first kappa shape index (κ1) is 15.7. The quantitative estimate of drug-likeness (QED) is 0.727. The Morgan fingerprint density at radius 2 is 1.90 bits per heavy atom. The van der Waals surface area contributed by atoms with Crippen LogP contribution in [0.1, 0.15) is 39.5 Å². The molecule has 2 aliphatic rings. The molecule has 20 heavy (non-hydrogen) atoms. The summed E-state index contributed by atoms with van der Waals surface area (Å²) in [6, 6.07) is 0. The minimum absolute atomic E-state index is 0.0617. The Bertz CT molecular complexity index is 327. The maximum atomic E-state index is 12.1. The Hall–Kier alpha value is -0.650. The van der Waals surface area contributed by atoms with Gasteiger partial charge in [-0.05, 0) is 31.2 Å². The lowest BCUT2D eigenvalue weighted by Gasteiger charge is -2.40. The first-order valence-electron chi connectivity index (χ1n) is 7.89. The number of likely N-dealkylation sites (tertiary alicyclic amines) is 1. The molecule has 2 heterocycles. The number of unbranched alkanes of at least 4 members (excludes halogenated alkanes) is 1. The molecule has 2 fully saturated rings. The van der Waals surface area contributed by atoms with Crippen molar-refractivity contribution in [3.63, 3.8) is 0 Å². The van der Waals surface area contributed by atoms with E-state index < -0.39 is 6.23 Å². The summed E-state index contributed by atoms with van der Waals surface area (Å²) in [4.78, 5) is 16.2. The zero-order valence-electron chi connectivity index (χ0n) is 12.9. The molecule has 0 saturated carbocycles. The number of rotatable bonds is 5. The highest BCUT2D eigenvalue weighted by molar-refractivity contribution is 5.77. The Labute approximate surface area is 122 Å². The van der Waals surface area contributed by atoms with Crippen molar-refractivity contribution >= 4 is 5.91 Å². The van der Waals surface area contributed by atoms with Crippen molar-refractivity contribution in [2.24, 2.45) is 5.41 Å². The second-order valence-electron chi connectivity index (χ2n) is 6.91. The van der Waals surface area contributed by atoms with Gasteiger partial charge < -0.3 is 20.2 Å². The molecular formula is C15H29N3O2. The van der Waals surface area contributed by atoms with Gasteiger partial charge in [0.05, 0.1) is 0 Å². The number of piperidine rings is 1. The average molecular weight is 283 g/mol. The smallest absolute Gasteiger partial charge is 0.225 e. The van der Waals surface area contributed by atoms with Crippen molar-refractivity contribution in [1.82, 2.24) is 15.1 Å². The molecule has 5 heteroatoms. The number of aliphatic hydroxyl groups is 1. The van der Waals surface area contributed by atoms with Crippen LogP contribution < -0.4 is 5.32 Å².